The molecule has 2 aromatic rings. The second kappa shape index (κ2) is 7.96. The monoisotopic (exact) mass is 356 g/mol. The van der Waals surface area contributed by atoms with Crippen LogP contribution in [-0.4, -0.2) is 22.4 Å². The maximum Gasteiger partial charge on any atom is 0.387 e. The number of nitrogens with zero attached hydrogens (tertiary/aromatic N) is 2. The fourth-order valence-electron chi connectivity index (χ4n) is 2.03. The Balaban J connectivity index is 2.15. The van der Waals surface area contributed by atoms with Crippen molar-refractivity contribution in [2.24, 2.45) is 0 Å². The number of hydrogen-bond donors (Lipinski definition) is 0. The van der Waals surface area contributed by atoms with E-state index in [1.807, 2.05) is 12.3 Å². The van der Waals surface area contributed by atoms with E-state index in [-0.39, 0.29) is 19.0 Å². The number of benzene rings is 1. The minimum Gasteiger partial charge on any atom is -0.432 e. The number of hydrogen-bond acceptors (Lipinski definition) is 4. The van der Waals surface area contributed by atoms with E-state index in [9.17, 15) is 18.0 Å². The van der Waals surface area contributed by atoms with Crippen molar-refractivity contribution in [1.82, 2.24) is 9.88 Å². The Kier molecular flexibility index (Phi) is 5.97. The molecule has 0 saturated heterocycles. The van der Waals surface area contributed by atoms with E-state index < -0.39 is 18.2 Å². The highest BCUT2D eigenvalue weighted by Gasteiger charge is 2.16. The van der Waals surface area contributed by atoms with Crippen LogP contribution < -0.4 is 4.74 Å². The molecule has 0 N–H and O–H groups in total. The standard InChI is InChI=1S/C16H15F3N2O2S/c1-3-15(22)21(8-14-20-10(2)9-24-14)7-11-4-5-13(12(17)6-11)23-16(18)19/h3-6,9,16H,1,7-8H2,2H3. The van der Waals surface area contributed by atoms with Gasteiger partial charge in [0, 0.05) is 17.6 Å². The largest absolute Gasteiger partial charge is 0.432 e. The van der Waals surface area contributed by atoms with Crippen LogP contribution in [0.2, 0.25) is 0 Å². The first kappa shape index (κ1) is 18.0. The van der Waals surface area contributed by atoms with Gasteiger partial charge in [-0.2, -0.15) is 8.78 Å². The lowest BCUT2D eigenvalue weighted by molar-refractivity contribution is -0.127. The lowest BCUT2D eigenvalue weighted by Crippen LogP contribution is -2.28. The molecule has 1 aromatic carbocycles. The summed E-state index contributed by atoms with van der Waals surface area (Å²) in [5.41, 5.74) is 1.29. The van der Waals surface area contributed by atoms with Crippen molar-refractivity contribution < 1.29 is 22.7 Å². The summed E-state index contributed by atoms with van der Waals surface area (Å²) in [6.07, 6.45) is 1.16. The SMILES string of the molecule is C=CC(=O)N(Cc1ccc(OC(F)F)c(F)c1)Cc1nc(C)cs1. The van der Waals surface area contributed by atoms with E-state index in [0.29, 0.717) is 5.56 Å². The summed E-state index contributed by atoms with van der Waals surface area (Å²) in [5, 5.41) is 2.60. The molecule has 0 bridgehead atoms. The predicted molar refractivity (Wildman–Crippen MR) is 84.3 cm³/mol. The molecule has 0 radical (unpaired) electrons. The third-order valence-corrected chi connectivity index (χ3v) is 4.02. The molecule has 1 aromatic heterocycles. The minimum absolute atomic E-state index is 0.0926. The zero-order valence-electron chi connectivity index (χ0n) is 12.8. The Bertz CT molecular complexity index is 734. The van der Waals surface area contributed by atoms with Crippen LogP contribution in [0, 0.1) is 12.7 Å². The van der Waals surface area contributed by atoms with Crippen LogP contribution in [0.15, 0.2) is 36.2 Å². The van der Waals surface area contributed by atoms with Crippen molar-refractivity contribution >= 4 is 17.2 Å². The molecule has 2 rings (SSSR count). The van der Waals surface area contributed by atoms with Gasteiger partial charge in [0.2, 0.25) is 5.91 Å². The van der Waals surface area contributed by atoms with Crippen molar-refractivity contribution in [3.05, 3.63) is 58.3 Å². The zero-order chi connectivity index (χ0) is 17.7. The first-order valence-electron chi connectivity index (χ1n) is 6.94. The quantitative estimate of drug-likeness (QED) is 0.707. The summed E-state index contributed by atoms with van der Waals surface area (Å²) in [6.45, 7) is 2.54. The van der Waals surface area contributed by atoms with Gasteiger partial charge in [0.1, 0.15) is 5.01 Å². The van der Waals surface area contributed by atoms with Gasteiger partial charge in [-0.1, -0.05) is 12.6 Å². The molecule has 0 saturated carbocycles. The van der Waals surface area contributed by atoms with E-state index in [2.05, 4.69) is 16.3 Å². The zero-order valence-corrected chi connectivity index (χ0v) is 13.7. The highest BCUT2D eigenvalue weighted by Crippen LogP contribution is 2.22. The Morgan fingerprint density at radius 2 is 2.21 bits per heavy atom. The number of thiazole rings is 1. The molecule has 0 aliphatic rings. The molecular weight excluding hydrogens is 341 g/mol. The maximum absolute atomic E-state index is 13.8. The van der Waals surface area contributed by atoms with Gasteiger partial charge < -0.3 is 9.64 Å². The number of aryl methyl sites for hydroxylation is 1. The van der Waals surface area contributed by atoms with Gasteiger partial charge >= 0.3 is 6.61 Å². The number of amides is 1. The number of rotatable bonds is 7. The smallest absolute Gasteiger partial charge is 0.387 e. The van der Waals surface area contributed by atoms with Crippen molar-refractivity contribution in [3.8, 4) is 5.75 Å². The minimum atomic E-state index is -3.10. The summed E-state index contributed by atoms with van der Waals surface area (Å²) in [6, 6.07) is 3.60. The Labute approximate surface area is 141 Å². The number of ether oxygens (including phenoxy) is 1. The normalized spacial score (nSPS) is 10.7. The Morgan fingerprint density at radius 1 is 1.46 bits per heavy atom. The molecule has 4 nitrogen and oxygen atoms in total. The number of carbonyl (C=O) groups excluding carboxylic acids is 1. The van der Waals surface area contributed by atoms with E-state index in [0.717, 1.165) is 28.9 Å². The van der Waals surface area contributed by atoms with Crippen LogP contribution in [0.25, 0.3) is 0 Å². The van der Waals surface area contributed by atoms with Gasteiger partial charge in [0.05, 0.1) is 6.54 Å². The average molecular weight is 356 g/mol. The van der Waals surface area contributed by atoms with Crippen molar-refractivity contribution in [2.75, 3.05) is 0 Å². The molecule has 0 atom stereocenters. The summed E-state index contributed by atoms with van der Waals surface area (Å²) in [5.74, 6) is -1.79. The number of carbonyl (C=O) groups is 1. The van der Waals surface area contributed by atoms with Gasteiger partial charge in [-0.15, -0.1) is 11.3 Å². The summed E-state index contributed by atoms with van der Waals surface area (Å²) >= 11 is 1.41. The molecule has 0 spiro atoms. The molecule has 0 unspecified atom stereocenters. The predicted octanol–water partition coefficient (Wildman–Crippen LogP) is 3.91. The summed E-state index contributed by atoms with van der Waals surface area (Å²) in [4.78, 5) is 17.7. The number of aromatic nitrogens is 1. The topological polar surface area (TPSA) is 42.4 Å². The van der Waals surface area contributed by atoms with Crippen molar-refractivity contribution in [1.29, 1.82) is 0 Å². The summed E-state index contributed by atoms with van der Waals surface area (Å²) < 4.78 is 42.1. The van der Waals surface area contributed by atoms with Gasteiger partial charge in [0.25, 0.3) is 0 Å². The molecule has 0 aliphatic carbocycles. The van der Waals surface area contributed by atoms with Crippen LogP contribution in [0.4, 0.5) is 13.2 Å². The summed E-state index contributed by atoms with van der Waals surface area (Å²) in [7, 11) is 0. The molecule has 1 amide bonds. The third kappa shape index (κ3) is 4.82. The lowest BCUT2D eigenvalue weighted by atomic mass is 10.2. The van der Waals surface area contributed by atoms with Gasteiger partial charge in [0.15, 0.2) is 11.6 Å². The number of alkyl halides is 2. The molecule has 24 heavy (non-hydrogen) atoms. The molecular formula is C16H15F3N2O2S. The average Bonchev–Trinajstić information content (AvgIpc) is 2.93. The van der Waals surface area contributed by atoms with Gasteiger partial charge in [-0.05, 0) is 30.7 Å². The first-order valence-corrected chi connectivity index (χ1v) is 7.82. The second-order valence-corrected chi connectivity index (χ2v) is 5.87. The van der Waals surface area contributed by atoms with E-state index in [4.69, 9.17) is 0 Å². The Hall–Kier alpha value is -2.35. The highest BCUT2D eigenvalue weighted by atomic mass is 32.1. The highest BCUT2D eigenvalue weighted by molar-refractivity contribution is 7.09. The van der Waals surface area contributed by atoms with E-state index in [1.165, 1.54) is 22.3 Å². The number of halogens is 3. The molecule has 0 fully saturated rings. The lowest BCUT2D eigenvalue weighted by Gasteiger charge is -2.20. The maximum atomic E-state index is 13.8. The van der Waals surface area contributed by atoms with E-state index in [1.54, 1.807) is 0 Å². The fraction of sp³-hybridized carbons (Fsp3) is 0.250. The van der Waals surface area contributed by atoms with Gasteiger partial charge in [-0.25, -0.2) is 9.37 Å². The fourth-order valence-corrected chi connectivity index (χ4v) is 2.82. The first-order chi connectivity index (χ1) is 11.4. The van der Waals surface area contributed by atoms with E-state index >= 15 is 0 Å². The van der Waals surface area contributed by atoms with Crippen molar-refractivity contribution in [2.45, 2.75) is 26.6 Å². The van der Waals surface area contributed by atoms with Crippen LogP contribution in [0.3, 0.4) is 0 Å². The molecule has 1 heterocycles. The second-order valence-electron chi connectivity index (χ2n) is 4.92. The molecule has 8 heteroatoms. The third-order valence-electron chi connectivity index (χ3n) is 3.06. The molecule has 0 aliphatic heterocycles. The van der Waals surface area contributed by atoms with Gasteiger partial charge in [-0.3, -0.25) is 4.79 Å². The van der Waals surface area contributed by atoms with Crippen molar-refractivity contribution in [3.63, 3.8) is 0 Å². The van der Waals surface area contributed by atoms with Crippen LogP contribution in [-0.2, 0) is 17.9 Å². The Morgan fingerprint density at radius 3 is 2.75 bits per heavy atom. The van der Waals surface area contributed by atoms with Crippen LogP contribution in [0.1, 0.15) is 16.3 Å². The van der Waals surface area contributed by atoms with Crippen LogP contribution in [0.5, 0.6) is 5.75 Å². The van der Waals surface area contributed by atoms with Crippen LogP contribution >= 0.6 is 11.3 Å². The molecule has 128 valence electrons.